The van der Waals surface area contributed by atoms with Crippen LogP contribution in [-0.2, 0) is 11.3 Å². The van der Waals surface area contributed by atoms with Crippen LogP contribution in [0.2, 0.25) is 0 Å². The van der Waals surface area contributed by atoms with E-state index in [1.165, 1.54) is 11.3 Å². The molecule has 0 fully saturated rings. The number of hydrogen-bond acceptors (Lipinski definition) is 6. The molecule has 2 aromatic heterocycles. The first-order valence-electron chi connectivity index (χ1n) is 4.30. The number of nitrogens with two attached hydrogens (primary N) is 1. The average molecular weight is 222 g/mol. The SMILES string of the molecule is COCc1cc(N)nc(-c2cscn2)n1. The van der Waals surface area contributed by atoms with Gasteiger partial charge in [-0.25, -0.2) is 15.0 Å². The van der Waals surface area contributed by atoms with Crippen LogP contribution < -0.4 is 5.73 Å². The maximum Gasteiger partial charge on any atom is 0.181 e. The molecule has 0 unspecified atom stereocenters. The van der Waals surface area contributed by atoms with Crippen molar-refractivity contribution >= 4 is 17.2 Å². The fourth-order valence-corrected chi connectivity index (χ4v) is 1.71. The van der Waals surface area contributed by atoms with Gasteiger partial charge in [0.1, 0.15) is 11.5 Å². The number of thiazole rings is 1. The van der Waals surface area contributed by atoms with Crippen molar-refractivity contribution in [3.63, 3.8) is 0 Å². The molecule has 2 heterocycles. The van der Waals surface area contributed by atoms with Gasteiger partial charge in [-0.05, 0) is 0 Å². The van der Waals surface area contributed by atoms with Crippen molar-refractivity contribution in [3.8, 4) is 11.5 Å². The second-order valence-electron chi connectivity index (χ2n) is 2.91. The summed E-state index contributed by atoms with van der Waals surface area (Å²) in [7, 11) is 1.61. The van der Waals surface area contributed by atoms with Crippen LogP contribution >= 0.6 is 11.3 Å². The highest BCUT2D eigenvalue weighted by molar-refractivity contribution is 7.07. The highest BCUT2D eigenvalue weighted by Gasteiger charge is 2.06. The van der Waals surface area contributed by atoms with E-state index in [1.807, 2.05) is 5.38 Å². The summed E-state index contributed by atoms with van der Waals surface area (Å²) in [6, 6.07) is 1.69. The molecule has 0 aliphatic carbocycles. The summed E-state index contributed by atoms with van der Waals surface area (Å²) in [4.78, 5) is 12.5. The van der Waals surface area contributed by atoms with E-state index in [4.69, 9.17) is 10.5 Å². The number of methoxy groups -OCH3 is 1. The molecule has 2 rings (SSSR count). The van der Waals surface area contributed by atoms with E-state index in [9.17, 15) is 0 Å². The molecule has 2 aromatic rings. The normalized spacial score (nSPS) is 10.5. The summed E-state index contributed by atoms with van der Waals surface area (Å²) < 4.78 is 4.99. The number of hydrogen-bond donors (Lipinski definition) is 1. The molecule has 0 saturated heterocycles. The minimum absolute atomic E-state index is 0.420. The molecule has 0 saturated carbocycles. The number of nitrogens with zero attached hydrogens (tertiary/aromatic N) is 3. The Hall–Kier alpha value is -1.53. The highest BCUT2D eigenvalue weighted by atomic mass is 32.1. The predicted molar refractivity (Wildman–Crippen MR) is 58.3 cm³/mol. The smallest absolute Gasteiger partial charge is 0.181 e. The van der Waals surface area contributed by atoms with Crippen molar-refractivity contribution in [2.45, 2.75) is 6.61 Å². The first kappa shape index (κ1) is 10.0. The third-order valence-electron chi connectivity index (χ3n) is 1.75. The maximum atomic E-state index is 5.66. The van der Waals surface area contributed by atoms with E-state index < -0.39 is 0 Å². The van der Waals surface area contributed by atoms with Gasteiger partial charge in [0.25, 0.3) is 0 Å². The Balaban J connectivity index is 2.40. The van der Waals surface area contributed by atoms with Gasteiger partial charge in [0.2, 0.25) is 0 Å². The summed E-state index contributed by atoms with van der Waals surface area (Å²) >= 11 is 1.50. The van der Waals surface area contributed by atoms with E-state index in [1.54, 1.807) is 18.7 Å². The molecule has 0 amide bonds. The lowest BCUT2D eigenvalue weighted by Gasteiger charge is -2.02. The molecule has 0 atom stereocenters. The molecular weight excluding hydrogens is 212 g/mol. The van der Waals surface area contributed by atoms with Gasteiger partial charge in [-0.1, -0.05) is 0 Å². The van der Waals surface area contributed by atoms with Crippen molar-refractivity contribution in [2.24, 2.45) is 0 Å². The van der Waals surface area contributed by atoms with Crippen LogP contribution in [0.3, 0.4) is 0 Å². The van der Waals surface area contributed by atoms with Gasteiger partial charge in [0, 0.05) is 18.6 Å². The van der Waals surface area contributed by atoms with Gasteiger partial charge in [-0.3, -0.25) is 0 Å². The van der Waals surface area contributed by atoms with E-state index in [2.05, 4.69) is 15.0 Å². The fraction of sp³-hybridized carbons (Fsp3) is 0.222. The lowest BCUT2D eigenvalue weighted by molar-refractivity contribution is 0.181. The van der Waals surface area contributed by atoms with Gasteiger partial charge in [0.15, 0.2) is 5.82 Å². The topological polar surface area (TPSA) is 73.9 Å². The maximum absolute atomic E-state index is 5.66. The first-order chi connectivity index (χ1) is 7.29. The van der Waals surface area contributed by atoms with Crippen LogP contribution in [0.25, 0.3) is 11.5 Å². The molecule has 0 radical (unpaired) electrons. The molecule has 78 valence electrons. The van der Waals surface area contributed by atoms with Gasteiger partial charge < -0.3 is 10.5 Å². The number of nitrogen functional groups attached to an aromatic ring is 1. The zero-order chi connectivity index (χ0) is 10.7. The molecule has 0 aromatic carbocycles. The monoisotopic (exact) mass is 222 g/mol. The van der Waals surface area contributed by atoms with E-state index in [0.717, 1.165) is 11.4 Å². The van der Waals surface area contributed by atoms with Crippen molar-refractivity contribution in [2.75, 3.05) is 12.8 Å². The first-order valence-corrected chi connectivity index (χ1v) is 5.25. The van der Waals surface area contributed by atoms with E-state index in [-0.39, 0.29) is 0 Å². The Labute approximate surface area is 91.0 Å². The summed E-state index contributed by atoms with van der Waals surface area (Å²) in [5, 5.41) is 1.88. The number of anilines is 1. The average Bonchev–Trinajstić information content (AvgIpc) is 2.70. The molecule has 2 N–H and O–H groups in total. The fourth-order valence-electron chi connectivity index (χ4n) is 1.18. The van der Waals surface area contributed by atoms with Gasteiger partial charge in [-0.2, -0.15) is 0 Å². The van der Waals surface area contributed by atoms with Gasteiger partial charge in [0.05, 0.1) is 17.8 Å². The summed E-state index contributed by atoms with van der Waals surface area (Å²) in [5.74, 6) is 0.975. The zero-order valence-corrected chi connectivity index (χ0v) is 8.99. The molecule has 6 heteroatoms. The Bertz CT molecular complexity index is 443. The Morgan fingerprint density at radius 2 is 2.33 bits per heavy atom. The van der Waals surface area contributed by atoms with Crippen LogP contribution in [0.15, 0.2) is 17.0 Å². The second-order valence-corrected chi connectivity index (χ2v) is 3.63. The van der Waals surface area contributed by atoms with Crippen LogP contribution in [-0.4, -0.2) is 22.1 Å². The third kappa shape index (κ3) is 2.28. The molecule has 0 bridgehead atoms. The summed E-state index contributed by atoms with van der Waals surface area (Å²) in [6.07, 6.45) is 0. The quantitative estimate of drug-likeness (QED) is 0.848. The highest BCUT2D eigenvalue weighted by Crippen LogP contribution is 2.16. The Morgan fingerprint density at radius 3 is 3.00 bits per heavy atom. The van der Waals surface area contributed by atoms with Crippen molar-refractivity contribution in [1.82, 2.24) is 15.0 Å². The van der Waals surface area contributed by atoms with Gasteiger partial charge in [-0.15, -0.1) is 11.3 Å². The number of rotatable bonds is 3. The van der Waals surface area contributed by atoms with Crippen LogP contribution in [0, 0.1) is 0 Å². The number of ether oxygens (including phenoxy) is 1. The third-order valence-corrected chi connectivity index (χ3v) is 2.34. The summed E-state index contributed by atoms with van der Waals surface area (Å²) in [5.41, 5.74) is 8.90. The molecule has 0 aliphatic rings. The minimum atomic E-state index is 0.420. The molecule has 15 heavy (non-hydrogen) atoms. The lowest BCUT2D eigenvalue weighted by Crippen LogP contribution is -2.01. The zero-order valence-electron chi connectivity index (χ0n) is 8.17. The molecule has 5 nitrogen and oxygen atoms in total. The molecule has 0 spiro atoms. The molecular formula is C9H10N4OS. The molecule has 0 aliphatic heterocycles. The number of aromatic nitrogens is 3. The summed E-state index contributed by atoms with van der Waals surface area (Å²) in [6.45, 7) is 0.420. The van der Waals surface area contributed by atoms with E-state index in [0.29, 0.717) is 18.2 Å². The van der Waals surface area contributed by atoms with Crippen molar-refractivity contribution in [1.29, 1.82) is 0 Å². The van der Waals surface area contributed by atoms with Crippen LogP contribution in [0.5, 0.6) is 0 Å². The Kier molecular flexibility index (Phi) is 2.89. The van der Waals surface area contributed by atoms with Crippen LogP contribution in [0.4, 0.5) is 5.82 Å². The van der Waals surface area contributed by atoms with E-state index >= 15 is 0 Å². The van der Waals surface area contributed by atoms with Crippen molar-refractivity contribution < 1.29 is 4.74 Å². The van der Waals surface area contributed by atoms with Gasteiger partial charge >= 0.3 is 0 Å². The lowest BCUT2D eigenvalue weighted by atomic mass is 10.3. The standard InChI is InChI=1S/C9H10N4OS/c1-14-3-6-2-8(10)13-9(12-6)7-4-15-5-11-7/h2,4-5H,3H2,1H3,(H2,10,12,13). The predicted octanol–water partition coefficient (Wildman–Crippen LogP) is 1.33. The van der Waals surface area contributed by atoms with Crippen LogP contribution in [0.1, 0.15) is 5.69 Å². The minimum Gasteiger partial charge on any atom is -0.384 e. The largest absolute Gasteiger partial charge is 0.384 e. The Morgan fingerprint density at radius 1 is 1.47 bits per heavy atom. The van der Waals surface area contributed by atoms with Crippen molar-refractivity contribution in [3.05, 3.63) is 22.7 Å². The second kappa shape index (κ2) is 4.33.